The van der Waals surface area contributed by atoms with E-state index in [-0.39, 0.29) is 12.5 Å². The molecule has 1 aliphatic rings. The molecule has 6 heteroatoms. The number of carboxylic acids is 1. The molecule has 0 radical (unpaired) electrons. The quantitative estimate of drug-likeness (QED) is 0.811. The lowest BCUT2D eigenvalue weighted by molar-refractivity contribution is -0.141. The van der Waals surface area contributed by atoms with Crippen molar-refractivity contribution < 1.29 is 24.2 Å². The molecule has 0 spiro atoms. The number of carbonyl (C=O) groups excluding carboxylic acids is 1. The number of amides is 1. The molecule has 0 aromatic heterocycles. The van der Waals surface area contributed by atoms with Gasteiger partial charge < -0.3 is 19.5 Å². The molecule has 1 atom stereocenters. The summed E-state index contributed by atoms with van der Waals surface area (Å²) in [4.78, 5) is 25.0. The van der Waals surface area contributed by atoms with Crippen LogP contribution in [0.5, 0.6) is 11.5 Å². The van der Waals surface area contributed by atoms with Crippen LogP contribution in [0.1, 0.15) is 16.8 Å². The highest BCUT2D eigenvalue weighted by atomic mass is 16.5. The van der Waals surface area contributed by atoms with E-state index < -0.39 is 11.9 Å². The molecule has 2 rings (SSSR count). The van der Waals surface area contributed by atoms with E-state index >= 15 is 0 Å². The lowest BCUT2D eigenvalue weighted by atomic mass is 10.1. The van der Waals surface area contributed by atoms with E-state index in [4.69, 9.17) is 14.6 Å². The number of carbonyl (C=O) groups is 2. The second-order valence-corrected chi connectivity index (χ2v) is 5.04. The summed E-state index contributed by atoms with van der Waals surface area (Å²) in [6, 6.07) is 4.92. The molecule has 1 aliphatic heterocycles. The van der Waals surface area contributed by atoms with Crippen molar-refractivity contribution in [2.45, 2.75) is 6.42 Å². The number of aliphatic carboxylic acids is 1. The van der Waals surface area contributed by atoms with Crippen LogP contribution >= 0.6 is 0 Å². The zero-order valence-electron chi connectivity index (χ0n) is 12.4. The van der Waals surface area contributed by atoms with Crippen molar-refractivity contribution in [3.63, 3.8) is 0 Å². The molecule has 0 aliphatic carbocycles. The minimum atomic E-state index is -0.860. The Kier molecular flexibility index (Phi) is 5.04. The molecule has 1 heterocycles. The van der Waals surface area contributed by atoms with Crippen molar-refractivity contribution in [2.24, 2.45) is 5.92 Å². The second-order valence-electron chi connectivity index (χ2n) is 5.04. The number of carboxylic acid groups (broad SMARTS) is 1. The monoisotopic (exact) mass is 305 g/mol. The predicted molar refractivity (Wildman–Crippen MR) is 80.3 cm³/mol. The molecule has 1 saturated heterocycles. The Bertz CT molecular complexity index is 584. The van der Waals surface area contributed by atoms with Gasteiger partial charge in [0.15, 0.2) is 11.5 Å². The summed E-state index contributed by atoms with van der Waals surface area (Å²) in [5.41, 5.74) is 0.453. The number of hydrogen-bond acceptors (Lipinski definition) is 4. The first-order valence-corrected chi connectivity index (χ1v) is 7.00. The maximum Gasteiger partial charge on any atom is 0.308 e. The number of hydrogen-bond donors (Lipinski definition) is 1. The molecule has 1 amide bonds. The van der Waals surface area contributed by atoms with Crippen molar-refractivity contribution in [2.75, 3.05) is 26.8 Å². The highest BCUT2D eigenvalue weighted by molar-refractivity contribution is 5.95. The fraction of sp³-hybridized carbons (Fsp3) is 0.375. The van der Waals surface area contributed by atoms with Crippen LogP contribution in [0.15, 0.2) is 30.9 Å². The zero-order valence-corrected chi connectivity index (χ0v) is 12.4. The molecular formula is C16H19NO5. The zero-order chi connectivity index (χ0) is 16.1. The van der Waals surface area contributed by atoms with Crippen LogP contribution in [0.4, 0.5) is 0 Å². The third-order valence-corrected chi connectivity index (χ3v) is 3.59. The number of likely N-dealkylation sites (tertiary alicyclic amines) is 1. The summed E-state index contributed by atoms with van der Waals surface area (Å²) < 4.78 is 10.7. The van der Waals surface area contributed by atoms with Crippen molar-refractivity contribution in [1.29, 1.82) is 0 Å². The van der Waals surface area contributed by atoms with Crippen molar-refractivity contribution in [1.82, 2.24) is 4.90 Å². The molecule has 0 saturated carbocycles. The van der Waals surface area contributed by atoms with Gasteiger partial charge in [-0.1, -0.05) is 12.7 Å². The maximum atomic E-state index is 12.4. The van der Waals surface area contributed by atoms with E-state index in [9.17, 15) is 9.59 Å². The third-order valence-electron chi connectivity index (χ3n) is 3.59. The molecule has 1 N–H and O–H groups in total. The fourth-order valence-electron chi connectivity index (χ4n) is 2.40. The topological polar surface area (TPSA) is 76.1 Å². The molecular weight excluding hydrogens is 286 g/mol. The summed E-state index contributed by atoms with van der Waals surface area (Å²) in [5.74, 6) is -0.551. The smallest absolute Gasteiger partial charge is 0.308 e. The number of nitrogens with zero attached hydrogens (tertiary/aromatic N) is 1. The third kappa shape index (κ3) is 3.39. The first-order valence-electron chi connectivity index (χ1n) is 7.00. The van der Waals surface area contributed by atoms with Crippen LogP contribution in [-0.4, -0.2) is 48.7 Å². The number of rotatable bonds is 6. The van der Waals surface area contributed by atoms with Gasteiger partial charge in [-0.15, -0.1) is 0 Å². The summed E-state index contributed by atoms with van der Waals surface area (Å²) in [6.45, 7) is 4.61. The van der Waals surface area contributed by atoms with E-state index in [1.807, 2.05) is 0 Å². The maximum absolute atomic E-state index is 12.4. The number of methoxy groups -OCH3 is 1. The van der Waals surface area contributed by atoms with Gasteiger partial charge in [0.25, 0.3) is 5.91 Å². The molecule has 1 fully saturated rings. The summed E-state index contributed by atoms with van der Waals surface area (Å²) in [7, 11) is 1.50. The van der Waals surface area contributed by atoms with Gasteiger partial charge in [-0.05, 0) is 24.6 Å². The van der Waals surface area contributed by atoms with Crippen LogP contribution in [0.3, 0.4) is 0 Å². The first-order chi connectivity index (χ1) is 10.6. The van der Waals surface area contributed by atoms with Crippen LogP contribution in [0, 0.1) is 5.92 Å². The van der Waals surface area contributed by atoms with Crippen molar-refractivity contribution >= 4 is 11.9 Å². The van der Waals surface area contributed by atoms with E-state index in [1.54, 1.807) is 29.2 Å². The normalized spacial score (nSPS) is 17.1. The summed E-state index contributed by atoms with van der Waals surface area (Å²) in [6.07, 6.45) is 2.10. The standard InChI is InChI=1S/C16H19NO5/c1-3-8-22-13-5-4-11(9-14(13)21-2)15(18)17-7-6-12(10-17)16(19)20/h3-5,9,12H,1,6-8,10H2,2H3,(H,19,20). The molecule has 1 aromatic carbocycles. The average Bonchev–Trinajstić information content (AvgIpc) is 3.02. The Labute approximate surface area is 128 Å². The van der Waals surface area contributed by atoms with Crippen LogP contribution < -0.4 is 9.47 Å². The van der Waals surface area contributed by atoms with Gasteiger partial charge in [0.2, 0.25) is 0 Å². The Hall–Kier alpha value is -2.50. The van der Waals surface area contributed by atoms with Crippen molar-refractivity contribution in [3.8, 4) is 11.5 Å². The highest BCUT2D eigenvalue weighted by Gasteiger charge is 2.31. The Balaban J connectivity index is 2.13. The van der Waals surface area contributed by atoms with E-state index in [1.165, 1.54) is 7.11 Å². The number of ether oxygens (including phenoxy) is 2. The first kappa shape index (κ1) is 15.9. The Morgan fingerprint density at radius 3 is 2.82 bits per heavy atom. The summed E-state index contributed by atoms with van der Waals surface area (Å²) in [5, 5.41) is 9.00. The second kappa shape index (κ2) is 6.98. The van der Waals surface area contributed by atoms with Gasteiger partial charge in [-0.3, -0.25) is 9.59 Å². The minimum Gasteiger partial charge on any atom is -0.493 e. The van der Waals surface area contributed by atoms with E-state index in [0.29, 0.717) is 36.6 Å². The van der Waals surface area contributed by atoms with Crippen LogP contribution in [0.2, 0.25) is 0 Å². The fourth-order valence-corrected chi connectivity index (χ4v) is 2.40. The largest absolute Gasteiger partial charge is 0.493 e. The van der Waals surface area contributed by atoms with Gasteiger partial charge in [0, 0.05) is 18.7 Å². The number of benzene rings is 1. The molecule has 1 unspecified atom stereocenters. The lowest BCUT2D eigenvalue weighted by Gasteiger charge is -2.17. The lowest BCUT2D eigenvalue weighted by Crippen LogP contribution is -2.29. The van der Waals surface area contributed by atoms with Crippen LogP contribution in [-0.2, 0) is 4.79 Å². The Morgan fingerprint density at radius 1 is 1.45 bits per heavy atom. The van der Waals surface area contributed by atoms with E-state index in [0.717, 1.165) is 0 Å². The molecule has 1 aromatic rings. The molecule has 6 nitrogen and oxygen atoms in total. The SMILES string of the molecule is C=CCOc1ccc(C(=O)N2CCC(C(=O)O)C2)cc1OC. The molecule has 0 bridgehead atoms. The average molecular weight is 305 g/mol. The summed E-state index contributed by atoms with van der Waals surface area (Å²) >= 11 is 0. The van der Waals surface area contributed by atoms with Gasteiger partial charge in [-0.25, -0.2) is 0 Å². The van der Waals surface area contributed by atoms with Gasteiger partial charge >= 0.3 is 5.97 Å². The molecule has 22 heavy (non-hydrogen) atoms. The van der Waals surface area contributed by atoms with Crippen molar-refractivity contribution in [3.05, 3.63) is 36.4 Å². The van der Waals surface area contributed by atoms with Gasteiger partial charge in [-0.2, -0.15) is 0 Å². The van der Waals surface area contributed by atoms with Gasteiger partial charge in [0.1, 0.15) is 6.61 Å². The van der Waals surface area contributed by atoms with Crippen LogP contribution in [0.25, 0.3) is 0 Å². The van der Waals surface area contributed by atoms with Gasteiger partial charge in [0.05, 0.1) is 13.0 Å². The predicted octanol–water partition coefficient (Wildman–Crippen LogP) is 1.81. The highest BCUT2D eigenvalue weighted by Crippen LogP contribution is 2.29. The molecule has 118 valence electrons. The van der Waals surface area contributed by atoms with E-state index in [2.05, 4.69) is 6.58 Å². The minimum absolute atomic E-state index is 0.197. The Morgan fingerprint density at radius 2 is 2.23 bits per heavy atom.